The third kappa shape index (κ3) is 6.21. The zero-order valence-electron chi connectivity index (χ0n) is 14.1. The predicted octanol–water partition coefficient (Wildman–Crippen LogP) is 2.57. The minimum Gasteiger partial charge on any atom is -0.492 e. The molecule has 8 heteroatoms. The average molecular weight is 360 g/mol. The van der Waals surface area contributed by atoms with Gasteiger partial charge in [0.2, 0.25) is 0 Å². The Morgan fingerprint density at radius 2 is 1.88 bits per heavy atom. The maximum Gasteiger partial charge on any atom is 0.416 e. The van der Waals surface area contributed by atoms with E-state index in [-0.39, 0.29) is 12.6 Å². The van der Waals surface area contributed by atoms with E-state index in [1.807, 2.05) is 11.9 Å². The van der Waals surface area contributed by atoms with Gasteiger partial charge >= 0.3 is 12.1 Å². The molecule has 0 aromatic heterocycles. The van der Waals surface area contributed by atoms with E-state index in [1.165, 1.54) is 12.1 Å². The number of benzene rings is 1. The SMILES string of the molecule is CN(CC(=O)O)C1CCN(CCOc2ccc(C(F)(F)F)cc2)CC1. The van der Waals surface area contributed by atoms with Gasteiger partial charge in [0, 0.05) is 12.6 Å². The maximum absolute atomic E-state index is 12.5. The van der Waals surface area contributed by atoms with Gasteiger partial charge in [-0.3, -0.25) is 14.6 Å². The van der Waals surface area contributed by atoms with E-state index in [0.29, 0.717) is 18.9 Å². The third-order valence-electron chi connectivity index (χ3n) is 4.42. The van der Waals surface area contributed by atoms with Crippen molar-refractivity contribution in [3.8, 4) is 5.75 Å². The van der Waals surface area contributed by atoms with Crippen LogP contribution in [0.5, 0.6) is 5.75 Å². The molecule has 0 bridgehead atoms. The van der Waals surface area contributed by atoms with E-state index in [9.17, 15) is 18.0 Å². The fraction of sp³-hybridized carbons (Fsp3) is 0.588. The number of nitrogens with zero attached hydrogens (tertiary/aromatic N) is 2. The van der Waals surface area contributed by atoms with Gasteiger partial charge in [-0.15, -0.1) is 0 Å². The van der Waals surface area contributed by atoms with Crippen LogP contribution in [0.2, 0.25) is 0 Å². The van der Waals surface area contributed by atoms with E-state index in [2.05, 4.69) is 4.90 Å². The minimum atomic E-state index is -4.34. The number of rotatable bonds is 7. The smallest absolute Gasteiger partial charge is 0.416 e. The van der Waals surface area contributed by atoms with Crippen molar-refractivity contribution in [2.45, 2.75) is 25.1 Å². The van der Waals surface area contributed by atoms with Gasteiger partial charge in [-0.05, 0) is 57.2 Å². The van der Waals surface area contributed by atoms with Crippen LogP contribution in [0.1, 0.15) is 18.4 Å². The number of alkyl halides is 3. The zero-order valence-corrected chi connectivity index (χ0v) is 14.1. The lowest BCUT2D eigenvalue weighted by molar-refractivity contribution is -0.139. The van der Waals surface area contributed by atoms with Crippen LogP contribution >= 0.6 is 0 Å². The molecule has 0 radical (unpaired) electrons. The van der Waals surface area contributed by atoms with Crippen molar-refractivity contribution in [3.05, 3.63) is 29.8 Å². The van der Waals surface area contributed by atoms with Crippen LogP contribution in [0.25, 0.3) is 0 Å². The number of piperidine rings is 1. The molecule has 1 heterocycles. The second-order valence-electron chi connectivity index (χ2n) is 6.25. The van der Waals surface area contributed by atoms with Crippen LogP contribution in [-0.4, -0.2) is 66.8 Å². The summed E-state index contributed by atoms with van der Waals surface area (Å²) in [4.78, 5) is 14.8. The van der Waals surface area contributed by atoms with Crippen LogP contribution in [0.15, 0.2) is 24.3 Å². The first-order chi connectivity index (χ1) is 11.8. The van der Waals surface area contributed by atoms with E-state index in [1.54, 1.807) is 0 Å². The molecule has 5 nitrogen and oxygen atoms in total. The summed E-state index contributed by atoms with van der Waals surface area (Å²) < 4.78 is 43.0. The Morgan fingerprint density at radius 1 is 1.28 bits per heavy atom. The lowest BCUT2D eigenvalue weighted by Crippen LogP contribution is -2.45. The highest BCUT2D eigenvalue weighted by Crippen LogP contribution is 2.30. The molecule has 0 unspecified atom stereocenters. The minimum absolute atomic E-state index is 0.0434. The van der Waals surface area contributed by atoms with Gasteiger partial charge in [-0.2, -0.15) is 13.2 Å². The number of carboxylic acids is 1. The van der Waals surface area contributed by atoms with E-state index >= 15 is 0 Å². The summed E-state index contributed by atoms with van der Waals surface area (Å²) in [5.74, 6) is -0.404. The summed E-state index contributed by atoms with van der Waals surface area (Å²) in [5, 5.41) is 8.82. The van der Waals surface area contributed by atoms with Gasteiger partial charge < -0.3 is 9.84 Å². The number of carboxylic acid groups (broad SMARTS) is 1. The molecule has 0 saturated carbocycles. The number of aliphatic carboxylic acids is 1. The predicted molar refractivity (Wildman–Crippen MR) is 86.7 cm³/mol. The summed E-state index contributed by atoms with van der Waals surface area (Å²) >= 11 is 0. The number of carbonyl (C=O) groups is 1. The molecule has 0 aliphatic carbocycles. The first kappa shape index (κ1) is 19.5. The quantitative estimate of drug-likeness (QED) is 0.810. The normalized spacial score (nSPS) is 17.0. The van der Waals surface area contributed by atoms with Gasteiger partial charge in [-0.25, -0.2) is 0 Å². The topological polar surface area (TPSA) is 53.0 Å². The average Bonchev–Trinajstić information content (AvgIpc) is 2.54. The molecule has 0 spiro atoms. The molecule has 25 heavy (non-hydrogen) atoms. The highest BCUT2D eigenvalue weighted by molar-refractivity contribution is 5.69. The Labute approximate surface area is 145 Å². The summed E-state index contributed by atoms with van der Waals surface area (Å²) in [6, 6.07) is 4.95. The molecule has 1 aliphatic rings. The molecule has 1 aliphatic heterocycles. The summed E-state index contributed by atoms with van der Waals surface area (Å²) in [6.45, 7) is 2.84. The van der Waals surface area contributed by atoms with Crippen LogP contribution in [0.4, 0.5) is 13.2 Å². The van der Waals surface area contributed by atoms with Crippen LogP contribution in [-0.2, 0) is 11.0 Å². The molecule has 0 atom stereocenters. The van der Waals surface area contributed by atoms with Crippen molar-refractivity contribution in [2.24, 2.45) is 0 Å². The lowest BCUT2D eigenvalue weighted by Gasteiger charge is -2.36. The molecule has 1 N–H and O–H groups in total. The van der Waals surface area contributed by atoms with Crippen molar-refractivity contribution in [1.82, 2.24) is 9.80 Å². The molecule has 1 fully saturated rings. The number of ether oxygens (including phenoxy) is 1. The highest BCUT2D eigenvalue weighted by atomic mass is 19.4. The fourth-order valence-corrected chi connectivity index (χ4v) is 2.96. The Hall–Kier alpha value is -1.80. The van der Waals surface area contributed by atoms with Gasteiger partial charge in [0.25, 0.3) is 0 Å². The molecule has 140 valence electrons. The standard InChI is InChI=1S/C17H23F3N2O3/c1-21(12-16(23)24)14-6-8-22(9-7-14)10-11-25-15-4-2-13(3-5-15)17(18,19)20/h2-5,14H,6-12H2,1H3,(H,23,24). The van der Waals surface area contributed by atoms with Crippen LogP contribution in [0, 0.1) is 0 Å². The lowest BCUT2D eigenvalue weighted by atomic mass is 10.0. The van der Waals surface area contributed by atoms with Crippen molar-refractivity contribution in [1.29, 1.82) is 0 Å². The molecule has 2 rings (SSSR count). The summed E-state index contributed by atoms with van der Waals surface area (Å²) in [6.07, 6.45) is -2.55. The Morgan fingerprint density at radius 3 is 2.40 bits per heavy atom. The summed E-state index contributed by atoms with van der Waals surface area (Å²) in [7, 11) is 1.82. The van der Waals surface area contributed by atoms with E-state index in [4.69, 9.17) is 9.84 Å². The first-order valence-electron chi connectivity index (χ1n) is 8.20. The Bertz CT molecular complexity index is 555. The van der Waals surface area contributed by atoms with Crippen molar-refractivity contribution < 1.29 is 27.8 Å². The van der Waals surface area contributed by atoms with Crippen LogP contribution in [0.3, 0.4) is 0 Å². The van der Waals surface area contributed by atoms with Gasteiger partial charge in [-0.1, -0.05) is 0 Å². The third-order valence-corrected chi connectivity index (χ3v) is 4.42. The fourth-order valence-electron chi connectivity index (χ4n) is 2.96. The van der Waals surface area contributed by atoms with Crippen molar-refractivity contribution in [2.75, 3.05) is 39.8 Å². The Balaban J connectivity index is 1.69. The number of hydrogen-bond acceptors (Lipinski definition) is 4. The second-order valence-corrected chi connectivity index (χ2v) is 6.25. The second kappa shape index (κ2) is 8.53. The molecule has 1 saturated heterocycles. The monoisotopic (exact) mass is 360 g/mol. The molecular formula is C17H23F3N2O3. The van der Waals surface area contributed by atoms with Crippen molar-refractivity contribution >= 4 is 5.97 Å². The van der Waals surface area contributed by atoms with Gasteiger partial charge in [0.15, 0.2) is 0 Å². The molecule has 1 aromatic carbocycles. The van der Waals surface area contributed by atoms with Crippen molar-refractivity contribution in [3.63, 3.8) is 0 Å². The van der Waals surface area contributed by atoms with Gasteiger partial charge in [0.05, 0.1) is 12.1 Å². The number of likely N-dealkylation sites (tertiary alicyclic amines) is 1. The first-order valence-corrected chi connectivity index (χ1v) is 8.20. The zero-order chi connectivity index (χ0) is 18.4. The van der Waals surface area contributed by atoms with Gasteiger partial charge in [0.1, 0.15) is 12.4 Å². The molecule has 0 amide bonds. The molecular weight excluding hydrogens is 337 g/mol. The summed E-state index contributed by atoms with van der Waals surface area (Å²) in [5.41, 5.74) is -0.688. The number of halogens is 3. The number of hydrogen-bond donors (Lipinski definition) is 1. The highest BCUT2D eigenvalue weighted by Gasteiger charge is 2.30. The van der Waals surface area contributed by atoms with Crippen LogP contribution < -0.4 is 4.74 Å². The van der Waals surface area contributed by atoms with E-state index < -0.39 is 17.7 Å². The number of likely N-dealkylation sites (N-methyl/N-ethyl adjacent to an activating group) is 1. The Kier molecular flexibility index (Phi) is 6.66. The molecule has 1 aromatic rings. The maximum atomic E-state index is 12.5. The van der Waals surface area contributed by atoms with E-state index in [0.717, 1.165) is 38.1 Å². The largest absolute Gasteiger partial charge is 0.492 e.